The molecular formula is C19H22N4O2S. The average molecular weight is 370 g/mol. The Morgan fingerprint density at radius 1 is 1.42 bits per heavy atom. The number of carbonyl (C=O) groups is 1. The maximum Gasteiger partial charge on any atom is 0.253 e. The van der Waals surface area contributed by atoms with Gasteiger partial charge in [0.2, 0.25) is 5.89 Å². The number of aromatic nitrogens is 3. The molecule has 1 aliphatic rings. The Balaban J connectivity index is 1.48. The molecule has 1 amide bonds. The highest BCUT2D eigenvalue weighted by molar-refractivity contribution is 7.16. The van der Waals surface area contributed by atoms with Gasteiger partial charge in [0.15, 0.2) is 5.82 Å². The van der Waals surface area contributed by atoms with E-state index in [0.717, 1.165) is 41.8 Å². The van der Waals surface area contributed by atoms with Crippen molar-refractivity contribution in [1.82, 2.24) is 20.0 Å². The van der Waals surface area contributed by atoms with Crippen LogP contribution in [0.25, 0.3) is 10.2 Å². The second-order valence-electron chi connectivity index (χ2n) is 7.27. The highest BCUT2D eigenvalue weighted by Gasteiger charge is 2.29. The summed E-state index contributed by atoms with van der Waals surface area (Å²) in [6, 6.07) is 5.71. The summed E-state index contributed by atoms with van der Waals surface area (Å²) in [5.41, 5.74) is 3.46. The molecule has 7 heteroatoms. The molecule has 1 fully saturated rings. The van der Waals surface area contributed by atoms with Crippen LogP contribution in [0.2, 0.25) is 0 Å². The van der Waals surface area contributed by atoms with Crippen LogP contribution < -0.4 is 0 Å². The van der Waals surface area contributed by atoms with Crippen LogP contribution in [0.4, 0.5) is 0 Å². The summed E-state index contributed by atoms with van der Waals surface area (Å²) >= 11 is 1.56. The van der Waals surface area contributed by atoms with Crippen LogP contribution in [-0.4, -0.2) is 39.0 Å². The van der Waals surface area contributed by atoms with Gasteiger partial charge in [0, 0.05) is 25.1 Å². The maximum absolute atomic E-state index is 12.9. The number of hydrogen-bond donors (Lipinski definition) is 0. The smallest absolute Gasteiger partial charge is 0.253 e. The van der Waals surface area contributed by atoms with Gasteiger partial charge < -0.3 is 9.42 Å². The quantitative estimate of drug-likeness (QED) is 0.696. The molecule has 26 heavy (non-hydrogen) atoms. The van der Waals surface area contributed by atoms with Crippen LogP contribution in [-0.2, 0) is 6.42 Å². The number of carbonyl (C=O) groups excluding carboxylic acids is 1. The Labute approximate surface area is 156 Å². The Kier molecular flexibility index (Phi) is 4.72. The number of fused-ring (bicyclic) bond motifs is 1. The zero-order valence-electron chi connectivity index (χ0n) is 15.0. The Hall–Kier alpha value is -2.28. The lowest BCUT2D eigenvalue weighted by molar-refractivity contribution is 0.0696. The third-order valence-corrected chi connectivity index (χ3v) is 5.50. The molecule has 1 aliphatic heterocycles. The first-order valence-electron chi connectivity index (χ1n) is 9.05. The van der Waals surface area contributed by atoms with Gasteiger partial charge in [-0.3, -0.25) is 4.79 Å². The van der Waals surface area contributed by atoms with E-state index < -0.39 is 0 Å². The van der Waals surface area contributed by atoms with Gasteiger partial charge in [0.1, 0.15) is 0 Å². The van der Waals surface area contributed by atoms with Gasteiger partial charge in [-0.05, 0) is 37.0 Å². The highest BCUT2D eigenvalue weighted by Crippen LogP contribution is 2.28. The number of hydrogen-bond acceptors (Lipinski definition) is 6. The summed E-state index contributed by atoms with van der Waals surface area (Å²) < 4.78 is 6.52. The minimum atomic E-state index is 0.0620. The number of piperidine rings is 1. The van der Waals surface area contributed by atoms with Crippen molar-refractivity contribution in [2.75, 3.05) is 13.1 Å². The first-order valence-corrected chi connectivity index (χ1v) is 9.93. The molecule has 0 aliphatic carbocycles. The number of thiazole rings is 1. The number of benzene rings is 1. The first-order chi connectivity index (χ1) is 12.6. The van der Waals surface area contributed by atoms with Crippen molar-refractivity contribution >= 4 is 27.5 Å². The molecule has 3 aromatic rings. The minimum Gasteiger partial charge on any atom is -0.339 e. The Morgan fingerprint density at radius 2 is 2.31 bits per heavy atom. The third kappa shape index (κ3) is 3.49. The number of amides is 1. The Bertz CT molecular complexity index is 917. The van der Waals surface area contributed by atoms with Crippen LogP contribution in [0.15, 0.2) is 28.2 Å². The lowest BCUT2D eigenvalue weighted by atomic mass is 9.97. The van der Waals surface area contributed by atoms with Crippen molar-refractivity contribution in [3.05, 3.63) is 41.0 Å². The van der Waals surface area contributed by atoms with Crippen LogP contribution in [0.1, 0.15) is 54.7 Å². The fourth-order valence-corrected chi connectivity index (χ4v) is 4.13. The van der Waals surface area contributed by atoms with Crippen molar-refractivity contribution in [1.29, 1.82) is 0 Å². The molecule has 0 N–H and O–H groups in total. The SMILES string of the molecule is CC(C)Cc1noc(C2CCCN(C(=O)c3ccc4ncsc4c3)C2)n1. The lowest BCUT2D eigenvalue weighted by Gasteiger charge is -2.31. The molecule has 136 valence electrons. The third-order valence-electron chi connectivity index (χ3n) is 4.71. The van der Waals surface area contributed by atoms with Crippen molar-refractivity contribution in [2.45, 2.75) is 39.0 Å². The lowest BCUT2D eigenvalue weighted by Crippen LogP contribution is -2.39. The summed E-state index contributed by atoms with van der Waals surface area (Å²) in [5.74, 6) is 2.09. The normalized spacial score (nSPS) is 18.0. The van der Waals surface area contributed by atoms with Crippen molar-refractivity contribution in [3.63, 3.8) is 0 Å². The van der Waals surface area contributed by atoms with Crippen molar-refractivity contribution in [3.8, 4) is 0 Å². The molecule has 1 aromatic carbocycles. The summed E-state index contributed by atoms with van der Waals surface area (Å²) in [5, 5.41) is 4.09. The maximum atomic E-state index is 12.9. The molecule has 4 rings (SSSR count). The summed E-state index contributed by atoms with van der Waals surface area (Å²) in [6.45, 7) is 5.67. The summed E-state index contributed by atoms with van der Waals surface area (Å²) in [7, 11) is 0. The van der Waals surface area contributed by atoms with E-state index in [0.29, 0.717) is 23.9 Å². The molecule has 1 atom stereocenters. The molecular weight excluding hydrogens is 348 g/mol. The highest BCUT2D eigenvalue weighted by atomic mass is 32.1. The Morgan fingerprint density at radius 3 is 3.15 bits per heavy atom. The van der Waals surface area contributed by atoms with E-state index in [4.69, 9.17) is 4.52 Å². The summed E-state index contributed by atoms with van der Waals surface area (Å²) in [4.78, 5) is 23.7. The van der Waals surface area contributed by atoms with E-state index in [1.54, 1.807) is 16.8 Å². The van der Waals surface area contributed by atoms with Gasteiger partial charge in [-0.25, -0.2) is 4.98 Å². The second-order valence-corrected chi connectivity index (χ2v) is 8.16. The fourth-order valence-electron chi connectivity index (χ4n) is 3.42. The second kappa shape index (κ2) is 7.15. The van der Waals surface area contributed by atoms with E-state index >= 15 is 0 Å². The van der Waals surface area contributed by atoms with Gasteiger partial charge in [-0.1, -0.05) is 19.0 Å². The van der Waals surface area contributed by atoms with E-state index in [9.17, 15) is 4.79 Å². The minimum absolute atomic E-state index is 0.0620. The topological polar surface area (TPSA) is 72.1 Å². The number of nitrogens with zero attached hydrogens (tertiary/aromatic N) is 4. The molecule has 1 unspecified atom stereocenters. The van der Waals surface area contributed by atoms with Gasteiger partial charge >= 0.3 is 0 Å². The number of rotatable bonds is 4. The van der Waals surface area contributed by atoms with E-state index in [-0.39, 0.29) is 11.8 Å². The largest absolute Gasteiger partial charge is 0.339 e. The molecule has 0 bridgehead atoms. The zero-order valence-corrected chi connectivity index (χ0v) is 15.8. The molecule has 3 heterocycles. The molecule has 0 spiro atoms. The predicted octanol–water partition coefficient (Wildman–Crippen LogP) is 3.90. The predicted molar refractivity (Wildman–Crippen MR) is 100 cm³/mol. The molecule has 1 saturated heterocycles. The summed E-state index contributed by atoms with van der Waals surface area (Å²) in [6.07, 6.45) is 2.73. The molecule has 0 radical (unpaired) electrons. The van der Waals surface area contributed by atoms with Gasteiger partial charge in [0.25, 0.3) is 5.91 Å². The van der Waals surface area contributed by atoms with Crippen LogP contribution in [0, 0.1) is 5.92 Å². The van der Waals surface area contributed by atoms with Crippen molar-refractivity contribution in [2.24, 2.45) is 5.92 Å². The van der Waals surface area contributed by atoms with Crippen molar-refractivity contribution < 1.29 is 9.32 Å². The zero-order chi connectivity index (χ0) is 18.1. The van der Waals surface area contributed by atoms with Gasteiger partial charge in [-0.2, -0.15) is 4.98 Å². The fraction of sp³-hybridized carbons (Fsp3) is 0.474. The average Bonchev–Trinajstić information content (AvgIpc) is 3.29. The standard InChI is InChI=1S/C19H22N4O2S/c1-12(2)8-17-21-18(25-22-17)14-4-3-7-23(10-14)19(24)13-5-6-15-16(9-13)26-11-20-15/h5-6,9,11-12,14H,3-4,7-8,10H2,1-2H3. The van der Waals surface area contributed by atoms with Crippen LogP contribution in [0.5, 0.6) is 0 Å². The first kappa shape index (κ1) is 17.1. The van der Waals surface area contributed by atoms with Crippen LogP contribution >= 0.6 is 11.3 Å². The van der Waals surface area contributed by atoms with Gasteiger partial charge in [0.05, 0.1) is 21.6 Å². The van der Waals surface area contributed by atoms with Gasteiger partial charge in [-0.15, -0.1) is 11.3 Å². The van der Waals surface area contributed by atoms with E-state index in [1.807, 2.05) is 23.1 Å². The molecule has 0 saturated carbocycles. The van der Waals surface area contributed by atoms with Crippen LogP contribution in [0.3, 0.4) is 0 Å². The van der Waals surface area contributed by atoms with E-state index in [1.165, 1.54) is 0 Å². The molecule has 2 aromatic heterocycles. The van der Waals surface area contributed by atoms with E-state index in [2.05, 4.69) is 29.0 Å². The monoisotopic (exact) mass is 370 g/mol. The number of likely N-dealkylation sites (tertiary alicyclic amines) is 1. The molecule has 6 nitrogen and oxygen atoms in total.